The van der Waals surface area contributed by atoms with Crippen molar-refractivity contribution in [3.63, 3.8) is 0 Å². The summed E-state index contributed by atoms with van der Waals surface area (Å²) < 4.78 is 5.38. The maximum absolute atomic E-state index is 6.10. The zero-order valence-electron chi connectivity index (χ0n) is 10.3. The highest BCUT2D eigenvalue weighted by Gasteiger charge is 2.17. The van der Waals surface area contributed by atoms with Crippen LogP contribution in [0.25, 0.3) is 0 Å². The largest absolute Gasteiger partial charge is 0.398 e. The van der Waals surface area contributed by atoms with E-state index >= 15 is 0 Å². The van der Waals surface area contributed by atoms with Gasteiger partial charge in [-0.2, -0.15) is 0 Å². The first-order valence-electron chi connectivity index (χ1n) is 5.80. The number of hydrogen-bond acceptors (Lipinski definition) is 3. The Bertz CT molecular complexity index is 395. The summed E-state index contributed by atoms with van der Waals surface area (Å²) in [4.78, 5) is 2.38. The van der Waals surface area contributed by atoms with Crippen LogP contribution >= 0.6 is 0 Å². The van der Waals surface area contributed by atoms with Gasteiger partial charge in [-0.1, -0.05) is 6.07 Å². The van der Waals surface area contributed by atoms with Crippen molar-refractivity contribution in [3.05, 3.63) is 22.8 Å². The molecule has 1 saturated heterocycles. The Labute approximate surface area is 97.2 Å². The fourth-order valence-electron chi connectivity index (χ4n) is 2.46. The van der Waals surface area contributed by atoms with E-state index in [0.717, 1.165) is 32.0 Å². The second-order valence-corrected chi connectivity index (χ2v) is 4.50. The second-order valence-electron chi connectivity index (χ2n) is 4.50. The summed E-state index contributed by atoms with van der Waals surface area (Å²) in [6.45, 7) is 9.89. The fraction of sp³-hybridized carbons (Fsp3) is 0.538. The van der Waals surface area contributed by atoms with Crippen LogP contribution in [0.5, 0.6) is 0 Å². The zero-order valence-corrected chi connectivity index (χ0v) is 10.3. The van der Waals surface area contributed by atoms with Gasteiger partial charge in [-0.3, -0.25) is 0 Å². The van der Waals surface area contributed by atoms with Crippen LogP contribution in [0.3, 0.4) is 0 Å². The smallest absolute Gasteiger partial charge is 0.0642 e. The highest BCUT2D eigenvalue weighted by molar-refractivity contribution is 5.71. The molecule has 0 spiro atoms. The molecule has 0 radical (unpaired) electrons. The van der Waals surface area contributed by atoms with Gasteiger partial charge in [0.1, 0.15) is 0 Å². The molecule has 0 atom stereocenters. The Hall–Kier alpha value is -1.22. The number of hydrogen-bond donors (Lipinski definition) is 1. The highest BCUT2D eigenvalue weighted by Crippen LogP contribution is 2.32. The molecule has 1 aromatic rings. The molecule has 0 bridgehead atoms. The molecule has 1 heterocycles. The predicted molar refractivity (Wildman–Crippen MR) is 68.1 cm³/mol. The van der Waals surface area contributed by atoms with E-state index in [2.05, 4.69) is 31.7 Å². The van der Waals surface area contributed by atoms with Gasteiger partial charge in [0.05, 0.1) is 13.2 Å². The molecule has 0 amide bonds. The molecule has 0 saturated carbocycles. The summed E-state index contributed by atoms with van der Waals surface area (Å²) in [6.07, 6.45) is 0. The fourth-order valence-corrected chi connectivity index (χ4v) is 2.46. The maximum atomic E-state index is 6.10. The summed E-state index contributed by atoms with van der Waals surface area (Å²) >= 11 is 0. The number of aryl methyl sites for hydroxylation is 2. The minimum atomic E-state index is 0.812. The number of nitrogens with two attached hydrogens (primary N) is 1. The monoisotopic (exact) mass is 220 g/mol. The van der Waals surface area contributed by atoms with Gasteiger partial charge in [0.25, 0.3) is 0 Å². The number of benzene rings is 1. The van der Waals surface area contributed by atoms with E-state index in [4.69, 9.17) is 10.5 Å². The molecule has 1 aromatic carbocycles. The van der Waals surface area contributed by atoms with E-state index in [1.54, 1.807) is 0 Å². The van der Waals surface area contributed by atoms with Crippen molar-refractivity contribution in [3.8, 4) is 0 Å². The van der Waals surface area contributed by atoms with E-state index < -0.39 is 0 Å². The van der Waals surface area contributed by atoms with Crippen molar-refractivity contribution >= 4 is 11.4 Å². The number of ether oxygens (including phenoxy) is 1. The van der Waals surface area contributed by atoms with Gasteiger partial charge in [-0.05, 0) is 37.5 Å². The van der Waals surface area contributed by atoms with Crippen LogP contribution < -0.4 is 10.6 Å². The van der Waals surface area contributed by atoms with Gasteiger partial charge < -0.3 is 15.4 Å². The van der Waals surface area contributed by atoms with Gasteiger partial charge in [0, 0.05) is 24.5 Å². The first-order chi connectivity index (χ1) is 7.61. The molecule has 16 heavy (non-hydrogen) atoms. The zero-order chi connectivity index (χ0) is 11.7. The van der Waals surface area contributed by atoms with E-state index in [9.17, 15) is 0 Å². The normalized spacial score (nSPS) is 16.6. The molecule has 1 aliphatic heterocycles. The Balaban J connectivity index is 2.42. The highest BCUT2D eigenvalue weighted by atomic mass is 16.5. The molecule has 2 rings (SSSR count). The van der Waals surface area contributed by atoms with Crippen molar-refractivity contribution in [1.82, 2.24) is 0 Å². The standard InChI is InChI=1S/C13H20N2O/c1-9-8-10(2)13(11(3)12(9)14)15-4-6-16-7-5-15/h8H,4-7,14H2,1-3H3. The van der Waals surface area contributed by atoms with E-state index in [1.165, 1.54) is 22.4 Å². The SMILES string of the molecule is Cc1cc(C)c(N2CCOCC2)c(C)c1N. The lowest BCUT2D eigenvalue weighted by molar-refractivity contribution is 0.122. The number of morpholine rings is 1. The van der Waals surface area contributed by atoms with Gasteiger partial charge in [-0.15, -0.1) is 0 Å². The first-order valence-corrected chi connectivity index (χ1v) is 5.80. The summed E-state index contributed by atoms with van der Waals surface area (Å²) in [5.41, 5.74) is 12.0. The third kappa shape index (κ3) is 1.87. The van der Waals surface area contributed by atoms with Gasteiger partial charge >= 0.3 is 0 Å². The molecule has 0 unspecified atom stereocenters. The van der Waals surface area contributed by atoms with Gasteiger partial charge in [-0.25, -0.2) is 0 Å². The van der Waals surface area contributed by atoms with Crippen LogP contribution in [0.1, 0.15) is 16.7 Å². The topological polar surface area (TPSA) is 38.5 Å². The number of nitrogens with zero attached hydrogens (tertiary/aromatic N) is 1. The van der Waals surface area contributed by atoms with E-state index in [0.29, 0.717) is 0 Å². The first kappa shape index (κ1) is 11.3. The van der Waals surface area contributed by atoms with Crippen LogP contribution in [-0.4, -0.2) is 26.3 Å². The van der Waals surface area contributed by atoms with Crippen molar-refractivity contribution in [1.29, 1.82) is 0 Å². The Morgan fingerprint density at radius 3 is 2.38 bits per heavy atom. The Morgan fingerprint density at radius 2 is 1.75 bits per heavy atom. The number of nitrogen functional groups attached to an aromatic ring is 1. The van der Waals surface area contributed by atoms with E-state index in [1.807, 2.05) is 0 Å². The lowest BCUT2D eigenvalue weighted by Gasteiger charge is -2.32. The second kappa shape index (κ2) is 4.34. The van der Waals surface area contributed by atoms with Crippen LogP contribution in [0.15, 0.2) is 6.07 Å². The molecule has 88 valence electrons. The summed E-state index contributed by atoms with van der Waals surface area (Å²) in [6, 6.07) is 2.17. The third-order valence-corrected chi connectivity index (χ3v) is 3.32. The lowest BCUT2D eigenvalue weighted by atomic mass is 10.0. The molecule has 0 aliphatic carbocycles. The van der Waals surface area contributed by atoms with Gasteiger partial charge in [0.2, 0.25) is 0 Å². The van der Waals surface area contributed by atoms with Crippen LogP contribution in [0.2, 0.25) is 0 Å². The van der Waals surface area contributed by atoms with Crippen LogP contribution in [-0.2, 0) is 4.74 Å². The Kier molecular flexibility index (Phi) is 3.06. The average Bonchev–Trinajstić information content (AvgIpc) is 2.28. The average molecular weight is 220 g/mol. The molecule has 0 aromatic heterocycles. The van der Waals surface area contributed by atoms with Crippen molar-refractivity contribution < 1.29 is 4.74 Å². The minimum absolute atomic E-state index is 0.812. The lowest BCUT2D eigenvalue weighted by Crippen LogP contribution is -2.37. The molecular formula is C13H20N2O. The van der Waals surface area contributed by atoms with Gasteiger partial charge in [0.15, 0.2) is 0 Å². The summed E-state index contributed by atoms with van der Waals surface area (Å²) in [7, 11) is 0. The van der Waals surface area contributed by atoms with E-state index in [-0.39, 0.29) is 0 Å². The molecule has 1 aliphatic rings. The molecule has 3 nitrogen and oxygen atoms in total. The number of anilines is 2. The minimum Gasteiger partial charge on any atom is -0.398 e. The maximum Gasteiger partial charge on any atom is 0.0642 e. The molecule has 2 N–H and O–H groups in total. The third-order valence-electron chi connectivity index (χ3n) is 3.32. The van der Waals surface area contributed by atoms with Crippen LogP contribution in [0.4, 0.5) is 11.4 Å². The number of rotatable bonds is 1. The summed E-state index contributed by atoms with van der Waals surface area (Å²) in [5, 5.41) is 0. The van der Waals surface area contributed by atoms with Crippen molar-refractivity contribution in [2.24, 2.45) is 0 Å². The molecule has 3 heteroatoms. The molecular weight excluding hydrogens is 200 g/mol. The summed E-state index contributed by atoms with van der Waals surface area (Å²) in [5.74, 6) is 0. The van der Waals surface area contributed by atoms with Crippen molar-refractivity contribution in [2.75, 3.05) is 36.9 Å². The quantitative estimate of drug-likeness (QED) is 0.736. The Morgan fingerprint density at radius 1 is 1.12 bits per heavy atom. The van der Waals surface area contributed by atoms with Crippen LogP contribution in [0, 0.1) is 20.8 Å². The van der Waals surface area contributed by atoms with Crippen molar-refractivity contribution in [2.45, 2.75) is 20.8 Å². The predicted octanol–water partition coefficient (Wildman–Crippen LogP) is 2.03. The molecule has 1 fully saturated rings.